The van der Waals surface area contributed by atoms with E-state index in [1.54, 1.807) is 26.3 Å². The first-order valence-electron chi connectivity index (χ1n) is 7.78. The normalized spacial score (nSPS) is 20.2. The zero-order valence-corrected chi connectivity index (χ0v) is 15.0. The molecule has 2 heterocycles. The van der Waals surface area contributed by atoms with E-state index in [0.717, 1.165) is 10.5 Å². The number of hydrogen-bond acceptors (Lipinski definition) is 5. The van der Waals surface area contributed by atoms with Crippen molar-refractivity contribution in [3.63, 3.8) is 0 Å². The van der Waals surface area contributed by atoms with Crippen molar-refractivity contribution in [3.05, 3.63) is 40.7 Å². The third-order valence-corrected chi connectivity index (χ3v) is 4.47. The maximum atomic E-state index is 12.8. The summed E-state index contributed by atoms with van der Waals surface area (Å²) in [7, 11) is 4.66. The van der Waals surface area contributed by atoms with E-state index in [4.69, 9.17) is 21.1 Å². The molecule has 25 heavy (non-hydrogen) atoms. The van der Waals surface area contributed by atoms with E-state index in [2.05, 4.69) is 5.32 Å². The van der Waals surface area contributed by atoms with E-state index >= 15 is 0 Å². The number of carbonyl (C=O) groups excluding carboxylic acids is 2. The molecule has 1 N–H and O–H groups in total. The van der Waals surface area contributed by atoms with Crippen LogP contribution in [0.5, 0.6) is 0 Å². The molecule has 132 valence electrons. The molecule has 1 unspecified atom stereocenters. The third kappa shape index (κ3) is 3.01. The van der Waals surface area contributed by atoms with Gasteiger partial charge in [0, 0.05) is 24.3 Å². The molecule has 3 rings (SSSR count). The van der Waals surface area contributed by atoms with Gasteiger partial charge in [-0.15, -0.1) is 0 Å². The number of urea groups is 1. The summed E-state index contributed by atoms with van der Waals surface area (Å²) in [6.07, 6.45) is 0. The van der Waals surface area contributed by atoms with E-state index in [1.165, 1.54) is 11.6 Å². The topological polar surface area (TPSA) is 70.9 Å². The Hall–Kier alpha value is -2.38. The van der Waals surface area contributed by atoms with Crippen LogP contribution in [0.15, 0.2) is 30.1 Å². The second-order valence-electron chi connectivity index (χ2n) is 5.78. The van der Waals surface area contributed by atoms with Crippen molar-refractivity contribution in [1.29, 1.82) is 0 Å². The number of hydrogen-bond donors (Lipinski definition) is 1. The number of halogens is 1. The van der Waals surface area contributed by atoms with Crippen LogP contribution in [0.4, 0.5) is 4.79 Å². The predicted octanol–water partition coefficient (Wildman–Crippen LogP) is 1.52. The van der Waals surface area contributed by atoms with Gasteiger partial charge in [0.1, 0.15) is 0 Å². The maximum absolute atomic E-state index is 12.8. The molecule has 3 amide bonds. The summed E-state index contributed by atoms with van der Waals surface area (Å²) < 4.78 is 12.3. The standard InChI is InChI=1S/C17H19ClN3O4/c1-20-15(22)13-12(10-4-6-11(18)7-5-10)14(19-8-9-24-3)25-16(13)21(2)17(20)23/h4-7,13,19H,8-9H2,1-3H3/q+1. The van der Waals surface area contributed by atoms with Crippen molar-refractivity contribution in [3.8, 4) is 0 Å². The summed E-state index contributed by atoms with van der Waals surface area (Å²) >= 11 is 5.98. The summed E-state index contributed by atoms with van der Waals surface area (Å²) in [6.45, 7) is 0.980. The van der Waals surface area contributed by atoms with E-state index in [-0.39, 0.29) is 5.91 Å². The third-order valence-electron chi connectivity index (χ3n) is 4.22. The zero-order valence-electron chi connectivity index (χ0n) is 14.2. The van der Waals surface area contributed by atoms with Crippen molar-refractivity contribution in [2.45, 2.75) is 0 Å². The molecule has 0 bridgehead atoms. The Morgan fingerprint density at radius 1 is 1.32 bits per heavy atom. The van der Waals surface area contributed by atoms with Crippen molar-refractivity contribution in [2.75, 3.05) is 34.4 Å². The van der Waals surface area contributed by atoms with Gasteiger partial charge in [-0.3, -0.25) is 0 Å². The molecule has 0 aromatic heterocycles. The minimum absolute atomic E-state index is 0.304. The molecule has 0 aliphatic carbocycles. The number of ether oxygens (including phenoxy) is 2. The van der Waals surface area contributed by atoms with Crippen LogP contribution in [0.25, 0.3) is 5.57 Å². The molecule has 1 aromatic rings. The second-order valence-corrected chi connectivity index (χ2v) is 6.22. The van der Waals surface area contributed by atoms with Gasteiger partial charge in [-0.1, -0.05) is 23.7 Å². The highest BCUT2D eigenvalue weighted by Gasteiger charge is 2.53. The van der Waals surface area contributed by atoms with Crippen LogP contribution in [-0.4, -0.2) is 61.7 Å². The Morgan fingerprint density at radius 2 is 2.00 bits per heavy atom. The van der Waals surface area contributed by atoms with Gasteiger partial charge in [0.25, 0.3) is 5.90 Å². The Bertz CT molecular complexity index is 786. The van der Waals surface area contributed by atoms with E-state index in [9.17, 15) is 9.59 Å². The molecule has 0 radical (unpaired) electrons. The van der Waals surface area contributed by atoms with Crippen LogP contribution < -0.4 is 5.32 Å². The lowest BCUT2D eigenvalue weighted by Crippen LogP contribution is -2.51. The SMILES string of the molecule is COCCNC1=C(c2ccc(Cl)cc2)C2C(=O)N(C)C(=O)[N+](C)=C2O1. The average molecular weight is 365 g/mol. The van der Waals surface area contributed by atoms with Gasteiger partial charge in [0.2, 0.25) is 5.88 Å². The average Bonchev–Trinajstić information content (AvgIpc) is 2.99. The van der Waals surface area contributed by atoms with Gasteiger partial charge in [-0.25, -0.2) is 4.79 Å². The van der Waals surface area contributed by atoms with Crippen LogP contribution in [0.2, 0.25) is 5.02 Å². The number of methoxy groups -OCH3 is 1. The van der Waals surface area contributed by atoms with Crippen molar-refractivity contribution < 1.29 is 23.6 Å². The number of carbonyl (C=O) groups is 2. The Kier molecular flexibility index (Phi) is 4.78. The van der Waals surface area contributed by atoms with Gasteiger partial charge in [-0.05, 0) is 17.7 Å². The number of imide groups is 1. The molecular weight excluding hydrogens is 346 g/mol. The summed E-state index contributed by atoms with van der Waals surface area (Å²) in [4.78, 5) is 26.0. The zero-order chi connectivity index (χ0) is 18.1. The highest BCUT2D eigenvalue weighted by molar-refractivity contribution is 6.30. The highest BCUT2D eigenvalue weighted by Crippen LogP contribution is 2.37. The van der Waals surface area contributed by atoms with Crippen LogP contribution in [0.1, 0.15) is 5.56 Å². The van der Waals surface area contributed by atoms with E-state index in [0.29, 0.717) is 35.5 Å². The molecule has 0 saturated carbocycles. The lowest BCUT2D eigenvalue weighted by Gasteiger charge is -2.20. The molecule has 8 heteroatoms. The molecule has 7 nitrogen and oxygen atoms in total. The number of fused-ring (bicyclic) bond motifs is 1. The quantitative estimate of drug-likeness (QED) is 0.633. The van der Waals surface area contributed by atoms with Gasteiger partial charge >= 0.3 is 11.9 Å². The molecular formula is C17H19ClN3O4+. The Balaban J connectivity index is 2.09. The van der Waals surface area contributed by atoms with Gasteiger partial charge in [-0.2, -0.15) is 14.3 Å². The minimum Gasteiger partial charge on any atom is -0.408 e. The molecule has 1 atom stereocenters. The van der Waals surface area contributed by atoms with Gasteiger partial charge in [0.05, 0.1) is 20.7 Å². The number of nitrogens with zero attached hydrogens (tertiary/aromatic N) is 2. The van der Waals surface area contributed by atoms with Gasteiger partial charge in [0.15, 0.2) is 5.92 Å². The minimum atomic E-state index is -0.682. The molecule has 2 aliphatic rings. The first kappa shape index (κ1) is 17.4. The Morgan fingerprint density at radius 3 is 2.64 bits per heavy atom. The number of nitrogens with one attached hydrogen (secondary N) is 1. The van der Waals surface area contributed by atoms with Crippen molar-refractivity contribution >= 4 is 35.0 Å². The predicted molar refractivity (Wildman–Crippen MR) is 92.2 cm³/mol. The first-order chi connectivity index (χ1) is 12.0. The summed E-state index contributed by atoms with van der Waals surface area (Å²) in [6, 6.07) is 6.73. The lowest BCUT2D eigenvalue weighted by atomic mass is 9.91. The summed E-state index contributed by atoms with van der Waals surface area (Å²) in [5, 5.41) is 3.74. The Labute approximate surface area is 150 Å². The largest absolute Gasteiger partial charge is 0.502 e. The highest BCUT2D eigenvalue weighted by atomic mass is 35.5. The number of benzene rings is 1. The van der Waals surface area contributed by atoms with Crippen LogP contribution in [0.3, 0.4) is 0 Å². The fourth-order valence-corrected chi connectivity index (χ4v) is 3.02. The first-order valence-corrected chi connectivity index (χ1v) is 8.16. The van der Waals surface area contributed by atoms with Crippen LogP contribution in [-0.2, 0) is 14.3 Å². The molecule has 0 spiro atoms. The van der Waals surface area contributed by atoms with Crippen LogP contribution >= 0.6 is 11.6 Å². The fraction of sp³-hybridized carbons (Fsp3) is 0.353. The number of rotatable bonds is 5. The smallest absolute Gasteiger partial charge is 0.408 e. The summed E-state index contributed by atoms with van der Waals surface area (Å²) in [5.41, 5.74) is 1.48. The molecule has 0 fully saturated rings. The van der Waals surface area contributed by atoms with E-state index in [1.807, 2.05) is 12.1 Å². The second kappa shape index (κ2) is 6.85. The monoisotopic (exact) mass is 364 g/mol. The van der Waals surface area contributed by atoms with Crippen LogP contribution in [0, 0.1) is 5.92 Å². The molecule has 2 aliphatic heterocycles. The lowest BCUT2D eigenvalue weighted by molar-refractivity contribution is -0.416. The maximum Gasteiger partial charge on any atom is 0.502 e. The summed E-state index contributed by atoms with van der Waals surface area (Å²) in [5.74, 6) is -0.258. The van der Waals surface area contributed by atoms with Crippen molar-refractivity contribution in [2.24, 2.45) is 5.92 Å². The fourth-order valence-electron chi connectivity index (χ4n) is 2.90. The van der Waals surface area contributed by atoms with E-state index < -0.39 is 11.9 Å². The van der Waals surface area contributed by atoms with Crippen molar-refractivity contribution in [1.82, 2.24) is 10.2 Å². The molecule has 1 aromatic carbocycles. The molecule has 0 saturated heterocycles. The number of amides is 3. The van der Waals surface area contributed by atoms with Gasteiger partial charge < -0.3 is 14.8 Å².